The number of aromatic nitrogens is 1. The maximum atomic E-state index is 14.0. The van der Waals surface area contributed by atoms with Gasteiger partial charge in [-0.15, -0.1) is 0 Å². The van der Waals surface area contributed by atoms with Gasteiger partial charge in [0.25, 0.3) is 5.91 Å². The maximum absolute atomic E-state index is 14.0. The Labute approximate surface area is 413 Å². The Bertz CT molecular complexity index is 2710. The van der Waals surface area contributed by atoms with Crippen molar-refractivity contribution in [1.82, 2.24) is 25.8 Å². The van der Waals surface area contributed by atoms with Gasteiger partial charge < -0.3 is 44.6 Å². The van der Waals surface area contributed by atoms with Crippen molar-refractivity contribution in [3.8, 4) is 40.0 Å². The van der Waals surface area contributed by atoms with Gasteiger partial charge in [-0.25, -0.2) is 4.98 Å². The summed E-state index contributed by atoms with van der Waals surface area (Å²) in [6.45, 7) is 15.7. The van der Waals surface area contributed by atoms with E-state index in [0.29, 0.717) is 33.4 Å². The molecule has 4 aromatic carbocycles. The first-order valence-electron chi connectivity index (χ1n) is 23.3. The predicted molar refractivity (Wildman–Crippen MR) is 264 cm³/mol. The first-order valence-corrected chi connectivity index (χ1v) is 23.7. The summed E-state index contributed by atoms with van der Waals surface area (Å²) in [5.41, 5.74) is 3.70. The molecular weight excluding hydrogens is 912 g/mol. The average molecular weight is 974 g/mol. The first-order chi connectivity index (χ1) is 33.2. The highest BCUT2D eigenvalue weighted by Crippen LogP contribution is 2.55. The summed E-state index contributed by atoms with van der Waals surface area (Å²) >= 11 is 6.25. The fourth-order valence-corrected chi connectivity index (χ4v) is 9.95. The number of carbonyl (C=O) groups is 4. The molecule has 1 saturated heterocycles. The van der Waals surface area contributed by atoms with Gasteiger partial charge in [0.1, 0.15) is 49.0 Å². The van der Waals surface area contributed by atoms with Crippen LogP contribution in [-0.4, -0.2) is 95.3 Å². The van der Waals surface area contributed by atoms with Crippen LogP contribution in [0.4, 0.5) is 0 Å². The molecule has 0 bridgehead atoms. The van der Waals surface area contributed by atoms with E-state index in [1.54, 1.807) is 30.3 Å². The summed E-state index contributed by atoms with van der Waals surface area (Å²) < 4.78 is 23.3. The van der Waals surface area contributed by atoms with Crippen molar-refractivity contribution in [2.75, 3.05) is 26.4 Å². The minimum atomic E-state index is -0.996. The fraction of sp³-hybridized carbons (Fsp3) is 0.407. The molecule has 0 unspecified atom stereocenters. The third-order valence-electron chi connectivity index (χ3n) is 13.2. The number of ether oxygens (including phenoxy) is 3. The Balaban J connectivity index is 0.839. The third kappa shape index (κ3) is 11.5. The molecule has 368 valence electrons. The lowest BCUT2D eigenvalue weighted by atomic mass is 9.49. The minimum Gasteiger partial charge on any atom is -0.491 e. The molecular formula is C54H61ClN6O9. The van der Waals surface area contributed by atoms with Crippen LogP contribution < -0.4 is 25.4 Å². The van der Waals surface area contributed by atoms with Gasteiger partial charge in [-0.05, 0) is 65.4 Å². The molecule has 3 atom stereocenters. The summed E-state index contributed by atoms with van der Waals surface area (Å²) in [4.78, 5) is 59.5. The quantitative estimate of drug-likeness (QED) is 0.0666. The topological polar surface area (TPSA) is 205 Å². The van der Waals surface area contributed by atoms with Crippen molar-refractivity contribution in [1.29, 1.82) is 5.26 Å². The number of rotatable bonds is 17. The number of hydrogen-bond donors (Lipinski definition) is 4. The van der Waals surface area contributed by atoms with Crippen LogP contribution in [0.5, 0.6) is 11.5 Å². The van der Waals surface area contributed by atoms with Crippen molar-refractivity contribution in [3.63, 3.8) is 0 Å². The number of amides is 4. The van der Waals surface area contributed by atoms with Crippen LogP contribution in [0.3, 0.4) is 0 Å². The van der Waals surface area contributed by atoms with E-state index in [4.69, 9.17) is 30.2 Å². The van der Waals surface area contributed by atoms with E-state index in [2.05, 4.69) is 54.7 Å². The molecule has 0 spiro atoms. The van der Waals surface area contributed by atoms with Crippen molar-refractivity contribution in [2.45, 2.75) is 98.7 Å². The molecule has 4 amide bonds. The van der Waals surface area contributed by atoms with Crippen LogP contribution in [0, 0.1) is 34.5 Å². The highest BCUT2D eigenvalue weighted by molar-refractivity contribution is 6.31. The highest BCUT2D eigenvalue weighted by Gasteiger charge is 2.64. The van der Waals surface area contributed by atoms with Crippen molar-refractivity contribution < 1.29 is 42.9 Å². The molecule has 2 heterocycles. The number of nitrogens with one attached hydrogen (secondary N) is 3. The molecule has 0 radical (unpaired) electrons. The van der Waals surface area contributed by atoms with E-state index in [1.807, 2.05) is 88.4 Å². The van der Waals surface area contributed by atoms with E-state index in [1.165, 1.54) is 11.3 Å². The summed E-state index contributed by atoms with van der Waals surface area (Å²) in [6.07, 6.45) is 0.349. The van der Waals surface area contributed by atoms with Crippen LogP contribution in [0.15, 0.2) is 102 Å². The molecule has 5 aromatic rings. The fourth-order valence-electron chi connectivity index (χ4n) is 9.73. The van der Waals surface area contributed by atoms with Gasteiger partial charge in [-0.2, -0.15) is 5.26 Å². The monoisotopic (exact) mass is 972 g/mol. The SMILES string of the molecule is Cc1ncoc1-c1ccc(CNC(=O)[C@@H]2C[C@@H](O)CN2C(=O)[C@@H](NC(=O)COCCOc2ccc(-c3ccc(C(=O)N[C@H]4C(C)(C)[C@H](Oc5ccc(C#N)c(Cl)c5)C4(C)C)cc3)cc2)C(C)(C)C)cc1. The van der Waals surface area contributed by atoms with Crippen molar-refractivity contribution in [2.24, 2.45) is 16.2 Å². The number of nitriles is 1. The summed E-state index contributed by atoms with van der Waals surface area (Å²) in [5, 5.41) is 29.1. The van der Waals surface area contributed by atoms with E-state index < -0.39 is 52.2 Å². The molecule has 2 aliphatic rings. The van der Waals surface area contributed by atoms with Crippen LogP contribution >= 0.6 is 11.6 Å². The van der Waals surface area contributed by atoms with Crippen molar-refractivity contribution >= 4 is 35.2 Å². The number of likely N-dealkylation sites (tertiary alicyclic amines) is 1. The van der Waals surface area contributed by atoms with E-state index in [-0.39, 0.29) is 57.4 Å². The number of halogens is 1. The predicted octanol–water partition coefficient (Wildman–Crippen LogP) is 7.66. The number of oxazole rings is 1. The standard InChI is InChI=1S/C54H61ClN6O9/c1-32-45(69-31-58-32)36-11-9-33(10-12-36)28-57-48(65)43-25-39(62)29-61(43)49(66)46(52(2,3)4)59-44(63)30-67-23-24-68-40-20-17-35(18-21-40)34-13-15-37(16-14-34)47(64)60-50-53(5,6)51(54(50,7)8)70-41-22-19-38(27-56)42(55)26-41/h9-22,26,31,39,43,46,50-51,62H,23-25,28-30H2,1-8H3,(H,57,65)(H,59,63)(H,60,64)/t39-,43+,46-,50-,51-/m1/s1. The van der Waals surface area contributed by atoms with Gasteiger partial charge in [0.2, 0.25) is 17.7 Å². The maximum Gasteiger partial charge on any atom is 0.251 e. The van der Waals surface area contributed by atoms with E-state index >= 15 is 0 Å². The second kappa shape index (κ2) is 21.1. The molecule has 1 aliphatic heterocycles. The van der Waals surface area contributed by atoms with Crippen LogP contribution in [0.1, 0.15) is 82.1 Å². The number of aliphatic hydroxyl groups is 1. The number of benzene rings is 4. The lowest BCUT2D eigenvalue weighted by molar-refractivity contribution is -0.164. The molecule has 1 aliphatic carbocycles. The van der Waals surface area contributed by atoms with E-state index in [9.17, 15) is 29.5 Å². The number of carbonyl (C=O) groups excluding carboxylic acids is 4. The molecule has 16 heteroatoms. The number of aliphatic hydroxyl groups excluding tert-OH is 1. The zero-order valence-electron chi connectivity index (χ0n) is 40.8. The first kappa shape index (κ1) is 51.1. The summed E-state index contributed by atoms with van der Waals surface area (Å²) in [6, 6.07) is 27.4. The molecule has 15 nitrogen and oxygen atoms in total. The van der Waals surface area contributed by atoms with Gasteiger partial charge in [-0.3, -0.25) is 19.2 Å². The zero-order valence-corrected chi connectivity index (χ0v) is 41.6. The summed E-state index contributed by atoms with van der Waals surface area (Å²) in [7, 11) is 0. The molecule has 2 fully saturated rings. The van der Waals surface area contributed by atoms with Crippen LogP contribution in [-0.2, 0) is 25.7 Å². The molecule has 1 saturated carbocycles. The lowest BCUT2D eigenvalue weighted by Crippen LogP contribution is -2.74. The van der Waals surface area contributed by atoms with Gasteiger partial charge >= 0.3 is 0 Å². The number of hydrogen-bond acceptors (Lipinski definition) is 11. The van der Waals surface area contributed by atoms with E-state index in [0.717, 1.165) is 27.9 Å². The molecule has 70 heavy (non-hydrogen) atoms. The third-order valence-corrected chi connectivity index (χ3v) is 13.5. The second-order valence-corrected chi connectivity index (χ2v) is 20.7. The summed E-state index contributed by atoms with van der Waals surface area (Å²) in [5.74, 6) is 0.282. The second-order valence-electron chi connectivity index (χ2n) is 20.2. The molecule has 1 aromatic heterocycles. The number of nitrogens with zero attached hydrogens (tertiary/aromatic N) is 3. The Kier molecular flexibility index (Phi) is 15.4. The van der Waals surface area contributed by atoms with Crippen molar-refractivity contribution in [3.05, 3.63) is 125 Å². The van der Waals surface area contributed by atoms with Gasteiger partial charge in [0, 0.05) is 53.6 Å². The Morgan fingerprint density at radius 2 is 1.54 bits per heavy atom. The smallest absolute Gasteiger partial charge is 0.251 e. The Morgan fingerprint density at radius 1 is 0.914 bits per heavy atom. The van der Waals surface area contributed by atoms with Crippen LogP contribution in [0.25, 0.3) is 22.5 Å². The highest BCUT2D eigenvalue weighted by atomic mass is 35.5. The normalized spacial score (nSPS) is 19.5. The number of aryl methyl sites for hydroxylation is 1. The lowest BCUT2D eigenvalue weighted by Gasteiger charge is -2.63. The molecule has 4 N–H and O–H groups in total. The largest absolute Gasteiger partial charge is 0.491 e. The minimum absolute atomic E-state index is 0.0401. The number of β-amino-alcohol motifs (C(OH)–C–C–N with tert-alkyl or cyclic N) is 1. The average Bonchev–Trinajstić information content (AvgIpc) is 3.95. The van der Waals surface area contributed by atoms with Crippen LogP contribution in [0.2, 0.25) is 5.02 Å². The molecule has 7 rings (SSSR count). The van der Waals surface area contributed by atoms with Gasteiger partial charge in [0.15, 0.2) is 12.2 Å². The Morgan fingerprint density at radius 3 is 2.14 bits per heavy atom. The Hall–Kier alpha value is -6.73. The van der Waals surface area contributed by atoms with Gasteiger partial charge in [-0.1, -0.05) is 109 Å². The van der Waals surface area contributed by atoms with Gasteiger partial charge in [0.05, 0.1) is 29.0 Å². The zero-order chi connectivity index (χ0) is 50.5.